The van der Waals surface area contributed by atoms with E-state index in [1.165, 1.54) is 5.56 Å². The van der Waals surface area contributed by atoms with Crippen molar-refractivity contribution >= 4 is 15.9 Å². The zero-order valence-electron chi connectivity index (χ0n) is 9.89. The Balaban J connectivity index is 2.01. The first-order valence-corrected chi connectivity index (χ1v) is 6.28. The number of aryl methyl sites for hydroxylation is 1. The Labute approximate surface area is 109 Å². The fraction of sp³-hybridized carbons (Fsp3) is 0.333. The van der Waals surface area contributed by atoms with E-state index in [9.17, 15) is 0 Å². The third kappa shape index (κ3) is 2.92. The lowest BCUT2D eigenvalue weighted by Crippen LogP contribution is -2.20. The zero-order valence-corrected chi connectivity index (χ0v) is 11.5. The lowest BCUT2D eigenvalue weighted by atomic mass is 10.1. The molecular formula is C12H15BrN4. The summed E-state index contributed by atoms with van der Waals surface area (Å²) >= 11 is 3.56. The number of nitrogens with zero attached hydrogens (tertiary/aromatic N) is 3. The molecule has 0 radical (unpaired) electrons. The summed E-state index contributed by atoms with van der Waals surface area (Å²) in [6.45, 7) is 2.84. The number of rotatable bonds is 4. The first-order valence-electron chi connectivity index (χ1n) is 5.49. The average Bonchev–Trinajstić information content (AvgIpc) is 2.72. The second-order valence-corrected chi connectivity index (χ2v) is 4.78. The van der Waals surface area contributed by atoms with Crippen molar-refractivity contribution in [3.05, 3.63) is 46.5 Å². The van der Waals surface area contributed by atoms with Crippen molar-refractivity contribution in [3.63, 3.8) is 0 Å². The summed E-state index contributed by atoms with van der Waals surface area (Å²) < 4.78 is 2.90. The molecule has 0 aliphatic carbocycles. The molecule has 0 amide bonds. The summed E-state index contributed by atoms with van der Waals surface area (Å²) in [5, 5.41) is 7.47. The SMILES string of the molecule is C[C@H](NCc1ncnn1C)c1ccccc1Br. The minimum absolute atomic E-state index is 0.266. The Morgan fingerprint density at radius 2 is 2.18 bits per heavy atom. The monoisotopic (exact) mass is 294 g/mol. The molecule has 1 atom stereocenters. The minimum Gasteiger partial charge on any atom is -0.303 e. The van der Waals surface area contributed by atoms with Crippen molar-refractivity contribution in [2.75, 3.05) is 0 Å². The molecule has 4 nitrogen and oxygen atoms in total. The van der Waals surface area contributed by atoms with Crippen LogP contribution in [0.2, 0.25) is 0 Å². The van der Waals surface area contributed by atoms with Crippen LogP contribution in [0.25, 0.3) is 0 Å². The van der Waals surface area contributed by atoms with Gasteiger partial charge in [-0.2, -0.15) is 5.10 Å². The van der Waals surface area contributed by atoms with E-state index in [0.29, 0.717) is 6.54 Å². The van der Waals surface area contributed by atoms with E-state index in [1.807, 2.05) is 19.2 Å². The van der Waals surface area contributed by atoms with E-state index in [2.05, 4.69) is 50.4 Å². The summed E-state index contributed by atoms with van der Waals surface area (Å²) in [6, 6.07) is 8.49. The van der Waals surface area contributed by atoms with Gasteiger partial charge in [0, 0.05) is 17.6 Å². The number of hydrogen-bond donors (Lipinski definition) is 1. The van der Waals surface area contributed by atoms with E-state index in [-0.39, 0.29) is 6.04 Å². The molecule has 2 rings (SSSR count). The standard InChI is InChI=1S/C12H15BrN4/c1-9(10-5-3-4-6-11(10)13)14-7-12-15-8-16-17(12)2/h3-6,8-9,14H,7H2,1-2H3/t9-/m0/s1. The van der Waals surface area contributed by atoms with Gasteiger partial charge < -0.3 is 5.32 Å². The molecule has 0 fully saturated rings. The number of halogens is 1. The lowest BCUT2D eigenvalue weighted by Gasteiger charge is -2.15. The summed E-state index contributed by atoms with van der Waals surface area (Å²) in [5.74, 6) is 0.934. The molecule has 0 spiro atoms. The number of hydrogen-bond acceptors (Lipinski definition) is 3. The molecule has 0 unspecified atom stereocenters. The van der Waals surface area contributed by atoms with Crippen molar-refractivity contribution in [2.45, 2.75) is 19.5 Å². The molecule has 0 saturated carbocycles. The smallest absolute Gasteiger partial charge is 0.140 e. The van der Waals surface area contributed by atoms with Gasteiger partial charge in [-0.15, -0.1) is 0 Å². The number of nitrogens with one attached hydrogen (secondary N) is 1. The van der Waals surface area contributed by atoms with Gasteiger partial charge in [0.2, 0.25) is 0 Å². The maximum absolute atomic E-state index is 4.18. The van der Waals surface area contributed by atoms with Gasteiger partial charge in [-0.3, -0.25) is 4.68 Å². The van der Waals surface area contributed by atoms with Gasteiger partial charge in [0.05, 0.1) is 6.54 Å². The van der Waals surface area contributed by atoms with Crippen molar-refractivity contribution in [1.82, 2.24) is 20.1 Å². The van der Waals surface area contributed by atoms with E-state index < -0.39 is 0 Å². The second-order valence-electron chi connectivity index (χ2n) is 3.92. The van der Waals surface area contributed by atoms with Gasteiger partial charge in [0.15, 0.2) is 0 Å². The van der Waals surface area contributed by atoms with Crippen LogP contribution in [0, 0.1) is 0 Å². The van der Waals surface area contributed by atoms with Gasteiger partial charge in [-0.05, 0) is 18.6 Å². The first kappa shape index (κ1) is 12.3. The van der Waals surface area contributed by atoms with Crippen LogP contribution < -0.4 is 5.32 Å². The summed E-state index contributed by atoms with van der Waals surface area (Å²) in [4.78, 5) is 4.18. The van der Waals surface area contributed by atoms with Crippen LogP contribution in [-0.4, -0.2) is 14.8 Å². The molecule has 1 N–H and O–H groups in total. The van der Waals surface area contributed by atoms with Crippen molar-refractivity contribution < 1.29 is 0 Å². The molecule has 0 bridgehead atoms. The van der Waals surface area contributed by atoms with Crippen LogP contribution in [-0.2, 0) is 13.6 Å². The van der Waals surface area contributed by atoms with E-state index in [0.717, 1.165) is 10.3 Å². The fourth-order valence-corrected chi connectivity index (χ4v) is 2.29. The molecule has 0 aliphatic rings. The van der Waals surface area contributed by atoms with Crippen LogP contribution >= 0.6 is 15.9 Å². The molecule has 17 heavy (non-hydrogen) atoms. The Hall–Kier alpha value is -1.20. The normalized spacial score (nSPS) is 12.6. The first-order chi connectivity index (χ1) is 8.18. The predicted octanol–water partition coefficient (Wildman–Crippen LogP) is 2.43. The van der Waals surface area contributed by atoms with Crippen LogP contribution in [0.5, 0.6) is 0 Å². The maximum atomic E-state index is 4.18. The molecule has 0 aliphatic heterocycles. The maximum Gasteiger partial charge on any atom is 0.140 e. The quantitative estimate of drug-likeness (QED) is 0.942. The summed E-state index contributed by atoms with van der Waals surface area (Å²) in [6.07, 6.45) is 1.57. The molecular weight excluding hydrogens is 280 g/mol. The highest BCUT2D eigenvalue weighted by Crippen LogP contribution is 2.22. The van der Waals surface area contributed by atoms with Gasteiger partial charge in [0.1, 0.15) is 12.2 Å². The van der Waals surface area contributed by atoms with E-state index in [4.69, 9.17) is 0 Å². The van der Waals surface area contributed by atoms with Crippen molar-refractivity contribution in [1.29, 1.82) is 0 Å². The van der Waals surface area contributed by atoms with E-state index in [1.54, 1.807) is 11.0 Å². The minimum atomic E-state index is 0.266. The zero-order chi connectivity index (χ0) is 12.3. The molecule has 0 saturated heterocycles. The van der Waals surface area contributed by atoms with Gasteiger partial charge >= 0.3 is 0 Å². The Morgan fingerprint density at radius 3 is 2.82 bits per heavy atom. The van der Waals surface area contributed by atoms with Crippen LogP contribution in [0.4, 0.5) is 0 Å². The average molecular weight is 295 g/mol. The second kappa shape index (κ2) is 5.42. The number of benzene rings is 1. The molecule has 1 aromatic heterocycles. The van der Waals surface area contributed by atoms with Gasteiger partial charge in [-0.1, -0.05) is 34.1 Å². The largest absolute Gasteiger partial charge is 0.303 e. The molecule has 2 aromatic rings. The molecule has 5 heteroatoms. The summed E-state index contributed by atoms with van der Waals surface area (Å²) in [7, 11) is 1.90. The highest BCUT2D eigenvalue weighted by atomic mass is 79.9. The van der Waals surface area contributed by atoms with Gasteiger partial charge in [0.25, 0.3) is 0 Å². The Kier molecular flexibility index (Phi) is 3.91. The topological polar surface area (TPSA) is 42.7 Å². The van der Waals surface area contributed by atoms with E-state index >= 15 is 0 Å². The predicted molar refractivity (Wildman–Crippen MR) is 70.4 cm³/mol. The highest BCUT2D eigenvalue weighted by Gasteiger charge is 2.09. The highest BCUT2D eigenvalue weighted by molar-refractivity contribution is 9.10. The summed E-state index contributed by atoms with van der Waals surface area (Å²) in [5.41, 5.74) is 1.25. The molecule has 1 aromatic carbocycles. The molecule has 90 valence electrons. The van der Waals surface area contributed by atoms with Crippen molar-refractivity contribution in [2.24, 2.45) is 7.05 Å². The van der Waals surface area contributed by atoms with Crippen molar-refractivity contribution in [3.8, 4) is 0 Å². The Bertz CT molecular complexity index is 495. The van der Waals surface area contributed by atoms with Crippen LogP contribution in [0.15, 0.2) is 35.1 Å². The Morgan fingerprint density at radius 1 is 1.41 bits per heavy atom. The fourth-order valence-electron chi connectivity index (χ4n) is 1.66. The van der Waals surface area contributed by atoms with Gasteiger partial charge in [-0.25, -0.2) is 4.98 Å². The third-order valence-corrected chi connectivity index (χ3v) is 3.47. The van der Waals surface area contributed by atoms with Crippen LogP contribution in [0.3, 0.4) is 0 Å². The van der Waals surface area contributed by atoms with Crippen LogP contribution in [0.1, 0.15) is 24.4 Å². The third-order valence-electron chi connectivity index (χ3n) is 2.74. The molecule has 1 heterocycles. The lowest BCUT2D eigenvalue weighted by molar-refractivity contribution is 0.539. The number of aromatic nitrogens is 3.